The summed E-state index contributed by atoms with van der Waals surface area (Å²) in [6.45, 7) is 6.31. The average molecular weight is 1010 g/mol. The topological polar surface area (TPSA) is 78.9 Å². The highest BCUT2D eigenvalue weighted by molar-refractivity contribution is 5.71. The van der Waals surface area contributed by atoms with Crippen LogP contribution in [-0.4, -0.2) is 37.2 Å². The molecular weight excluding hydrogens is 901 g/mol. The molecule has 0 aromatic heterocycles. The van der Waals surface area contributed by atoms with Gasteiger partial charge in [0, 0.05) is 19.3 Å². The summed E-state index contributed by atoms with van der Waals surface area (Å²) in [5.74, 6) is -0.964. The lowest BCUT2D eigenvalue weighted by Gasteiger charge is -2.18. The zero-order valence-electron chi connectivity index (χ0n) is 46.8. The zero-order chi connectivity index (χ0) is 52.9. The fourth-order valence-electron chi connectivity index (χ4n) is 7.45. The van der Waals surface area contributed by atoms with Crippen molar-refractivity contribution in [2.24, 2.45) is 0 Å². The summed E-state index contributed by atoms with van der Waals surface area (Å²) in [6, 6.07) is 0. The SMILES string of the molecule is CC/C=C\C/C=C\C/C=C\C/C=C\C/C=C\C/C=C\C/C=C\CCCCCCCC(=O)OCC(COC(=O)CCCCCCC/C=C\CCCC)OC(=O)CCCCCC/C=C\C/C=C\C/C=C\C/C=C\CC. The summed E-state index contributed by atoms with van der Waals surface area (Å²) in [5.41, 5.74) is 0. The molecule has 0 N–H and O–H groups in total. The minimum absolute atomic E-state index is 0.104. The molecule has 0 aliphatic heterocycles. The van der Waals surface area contributed by atoms with Crippen LogP contribution in [0.25, 0.3) is 0 Å². The Balaban J connectivity index is 4.41. The number of unbranched alkanes of at least 4 members (excludes halogenated alkanes) is 16. The third-order valence-corrected chi connectivity index (χ3v) is 11.8. The molecule has 0 aromatic rings. The van der Waals surface area contributed by atoms with Gasteiger partial charge in [-0.1, -0.05) is 231 Å². The predicted octanol–water partition coefficient (Wildman–Crippen LogP) is 20.0. The Bertz CT molecular complexity index is 1630. The fraction of sp³-hybridized carbons (Fsp3) is 0.597. The van der Waals surface area contributed by atoms with Gasteiger partial charge in [0.15, 0.2) is 6.10 Å². The molecule has 0 amide bonds. The Morgan fingerprint density at radius 3 is 0.849 bits per heavy atom. The number of ether oxygens (including phenoxy) is 3. The molecule has 73 heavy (non-hydrogen) atoms. The number of carbonyl (C=O) groups excluding carboxylic acids is 3. The van der Waals surface area contributed by atoms with Crippen LogP contribution in [0.1, 0.15) is 239 Å². The van der Waals surface area contributed by atoms with E-state index in [1.807, 2.05) is 0 Å². The van der Waals surface area contributed by atoms with Crippen molar-refractivity contribution in [1.82, 2.24) is 0 Å². The maximum Gasteiger partial charge on any atom is 0.306 e. The Labute approximate surface area is 448 Å². The predicted molar refractivity (Wildman–Crippen MR) is 315 cm³/mol. The van der Waals surface area contributed by atoms with Crippen LogP contribution >= 0.6 is 0 Å². The van der Waals surface area contributed by atoms with Gasteiger partial charge in [0.25, 0.3) is 0 Å². The van der Waals surface area contributed by atoms with Gasteiger partial charge in [-0.25, -0.2) is 0 Å². The Hall–Kier alpha value is -4.71. The second kappa shape index (κ2) is 59.8. The van der Waals surface area contributed by atoms with E-state index in [-0.39, 0.29) is 37.5 Å². The van der Waals surface area contributed by atoms with Crippen LogP contribution in [0.4, 0.5) is 0 Å². The first-order chi connectivity index (χ1) is 36.0. The summed E-state index contributed by atoms with van der Waals surface area (Å²) >= 11 is 0. The molecule has 0 fully saturated rings. The van der Waals surface area contributed by atoms with Gasteiger partial charge in [-0.2, -0.15) is 0 Å². The van der Waals surface area contributed by atoms with Crippen molar-refractivity contribution in [1.29, 1.82) is 0 Å². The second-order valence-corrected chi connectivity index (χ2v) is 18.8. The lowest BCUT2D eigenvalue weighted by molar-refractivity contribution is -0.167. The maximum atomic E-state index is 12.8. The number of rotatable bonds is 51. The molecule has 0 saturated heterocycles. The largest absolute Gasteiger partial charge is 0.462 e. The van der Waals surface area contributed by atoms with E-state index >= 15 is 0 Å². The molecule has 0 bridgehead atoms. The number of allylic oxidation sites excluding steroid dienone is 24. The van der Waals surface area contributed by atoms with Gasteiger partial charge in [0.2, 0.25) is 0 Å². The van der Waals surface area contributed by atoms with Crippen LogP contribution in [0, 0.1) is 0 Å². The van der Waals surface area contributed by atoms with Crippen LogP contribution in [0.3, 0.4) is 0 Å². The van der Waals surface area contributed by atoms with E-state index in [2.05, 4.69) is 167 Å². The molecule has 1 atom stereocenters. The van der Waals surface area contributed by atoms with E-state index in [0.717, 1.165) is 173 Å². The minimum atomic E-state index is -0.809. The molecule has 0 saturated carbocycles. The van der Waals surface area contributed by atoms with Crippen molar-refractivity contribution < 1.29 is 28.6 Å². The molecule has 0 heterocycles. The molecule has 0 aromatic carbocycles. The molecule has 0 spiro atoms. The van der Waals surface area contributed by atoms with Gasteiger partial charge in [-0.05, 0) is 135 Å². The summed E-state index contributed by atoms with van der Waals surface area (Å²) in [6.07, 6.45) is 85.5. The van der Waals surface area contributed by atoms with Gasteiger partial charge >= 0.3 is 17.9 Å². The van der Waals surface area contributed by atoms with Gasteiger partial charge in [0.1, 0.15) is 13.2 Å². The summed E-state index contributed by atoms with van der Waals surface area (Å²) in [5, 5.41) is 0. The Morgan fingerprint density at radius 2 is 0.534 bits per heavy atom. The quantitative estimate of drug-likeness (QED) is 0.0261. The highest BCUT2D eigenvalue weighted by Gasteiger charge is 2.19. The fourth-order valence-corrected chi connectivity index (χ4v) is 7.45. The van der Waals surface area contributed by atoms with Gasteiger partial charge in [-0.15, -0.1) is 0 Å². The van der Waals surface area contributed by atoms with Gasteiger partial charge < -0.3 is 14.2 Å². The average Bonchev–Trinajstić information content (AvgIpc) is 3.39. The highest BCUT2D eigenvalue weighted by Crippen LogP contribution is 2.13. The van der Waals surface area contributed by atoms with Crippen LogP contribution < -0.4 is 0 Å². The molecule has 6 nitrogen and oxygen atoms in total. The second-order valence-electron chi connectivity index (χ2n) is 18.8. The third-order valence-electron chi connectivity index (χ3n) is 11.8. The van der Waals surface area contributed by atoms with E-state index in [1.165, 1.54) is 25.7 Å². The minimum Gasteiger partial charge on any atom is -0.462 e. The van der Waals surface area contributed by atoms with E-state index in [9.17, 15) is 14.4 Å². The van der Waals surface area contributed by atoms with Crippen molar-refractivity contribution in [2.75, 3.05) is 13.2 Å². The lowest BCUT2D eigenvalue weighted by atomic mass is 10.1. The number of carbonyl (C=O) groups is 3. The number of esters is 3. The third kappa shape index (κ3) is 58.1. The molecule has 0 aliphatic rings. The van der Waals surface area contributed by atoms with E-state index in [1.54, 1.807) is 0 Å². The zero-order valence-corrected chi connectivity index (χ0v) is 46.8. The van der Waals surface area contributed by atoms with Gasteiger partial charge in [0.05, 0.1) is 0 Å². The number of hydrogen-bond acceptors (Lipinski definition) is 6. The first-order valence-corrected chi connectivity index (χ1v) is 29.3. The molecule has 0 rings (SSSR count). The molecule has 0 radical (unpaired) electrons. The monoisotopic (exact) mass is 1010 g/mol. The lowest BCUT2D eigenvalue weighted by Crippen LogP contribution is -2.30. The van der Waals surface area contributed by atoms with Crippen molar-refractivity contribution in [3.63, 3.8) is 0 Å². The van der Waals surface area contributed by atoms with Crippen LogP contribution in [0.15, 0.2) is 146 Å². The standard InChI is InChI=1S/C67H106O6/c1-4-7-10-13-16-19-22-24-26-28-29-30-31-32-33-34-35-36-37-39-40-42-45-48-51-54-57-60-66(69)72-63-64(62-71-65(68)59-56-53-50-47-44-21-18-15-12-9-6-3)73-67(70)61-58-55-52-49-46-43-41-38-27-25-23-20-17-14-11-8-5-2/h7-8,10-11,15-20,24-27,29-30,32-33,35-36,39-41,43,64H,4-6,9,12-14,21-23,28,31,34,37-38,42,44-63H2,1-3H3/b10-7-,11-8-,18-15-,19-16-,20-17-,26-24-,27-25-,30-29-,33-32-,36-35-,40-39-,43-41-. The van der Waals surface area contributed by atoms with E-state index in [4.69, 9.17) is 14.2 Å². The maximum absolute atomic E-state index is 12.8. The summed E-state index contributed by atoms with van der Waals surface area (Å²) < 4.78 is 16.8. The molecular formula is C67H106O6. The van der Waals surface area contributed by atoms with E-state index in [0.29, 0.717) is 12.8 Å². The molecule has 410 valence electrons. The normalized spacial score (nSPS) is 13.2. The van der Waals surface area contributed by atoms with Gasteiger partial charge in [-0.3, -0.25) is 14.4 Å². The Kier molecular flexibility index (Phi) is 56.0. The Morgan fingerprint density at radius 1 is 0.288 bits per heavy atom. The summed E-state index contributed by atoms with van der Waals surface area (Å²) in [4.78, 5) is 38.1. The van der Waals surface area contributed by atoms with Crippen molar-refractivity contribution in [3.8, 4) is 0 Å². The molecule has 0 aliphatic carbocycles. The highest BCUT2D eigenvalue weighted by atomic mass is 16.6. The van der Waals surface area contributed by atoms with E-state index < -0.39 is 6.10 Å². The van der Waals surface area contributed by atoms with Crippen LogP contribution in [0.5, 0.6) is 0 Å². The van der Waals surface area contributed by atoms with Crippen molar-refractivity contribution in [2.45, 2.75) is 245 Å². The smallest absolute Gasteiger partial charge is 0.306 e. The van der Waals surface area contributed by atoms with Crippen LogP contribution in [0.2, 0.25) is 0 Å². The number of hydrogen-bond donors (Lipinski definition) is 0. The molecule has 1 unspecified atom stereocenters. The van der Waals surface area contributed by atoms with Crippen molar-refractivity contribution >= 4 is 17.9 Å². The first kappa shape index (κ1) is 68.3. The summed E-state index contributed by atoms with van der Waals surface area (Å²) in [7, 11) is 0. The first-order valence-electron chi connectivity index (χ1n) is 29.3. The van der Waals surface area contributed by atoms with Crippen LogP contribution in [-0.2, 0) is 28.6 Å². The molecule has 6 heteroatoms. The van der Waals surface area contributed by atoms with Crippen molar-refractivity contribution in [3.05, 3.63) is 146 Å².